The van der Waals surface area contributed by atoms with Gasteiger partial charge in [0.05, 0.1) is 0 Å². The first-order valence-electron chi connectivity index (χ1n) is 5.90. The standard InChI is InChI=1S/C11H18N4O/c1-2-9-8-10(14-13-9)12-11(16)15-6-4-3-5-7-15/h8H,2-7H2,1H3,(H2,12,13,14,16). The number of hydrogen-bond donors (Lipinski definition) is 2. The van der Waals surface area contributed by atoms with Crippen LogP contribution < -0.4 is 5.32 Å². The summed E-state index contributed by atoms with van der Waals surface area (Å²) in [6, 6.07) is 1.84. The highest BCUT2D eigenvalue weighted by molar-refractivity contribution is 5.88. The molecule has 1 aliphatic heterocycles. The number of amides is 2. The maximum Gasteiger partial charge on any atom is 0.323 e. The van der Waals surface area contributed by atoms with Crippen LogP contribution in [0.4, 0.5) is 10.6 Å². The Balaban J connectivity index is 1.90. The highest BCUT2D eigenvalue weighted by atomic mass is 16.2. The number of aryl methyl sites for hydroxylation is 1. The maximum atomic E-state index is 11.8. The molecule has 0 saturated carbocycles. The Hall–Kier alpha value is -1.52. The van der Waals surface area contributed by atoms with E-state index in [0.717, 1.165) is 38.0 Å². The molecule has 1 fully saturated rings. The van der Waals surface area contributed by atoms with Crippen LogP contribution in [-0.4, -0.2) is 34.2 Å². The van der Waals surface area contributed by atoms with E-state index in [9.17, 15) is 4.79 Å². The largest absolute Gasteiger partial charge is 0.325 e. The Morgan fingerprint density at radius 1 is 1.50 bits per heavy atom. The fourth-order valence-electron chi connectivity index (χ4n) is 1.89. The summed E-state index contributed by atoms with van der Waals surface area (Å²) in [7, 11) is 0. The first kappa shape index (κ1) is 11.0. The SMILES string of the molecule is CCc1cc(NC(=O)N2CCCCC2)n[nH]1. The molecule has 0 unspecified atom stereocenters. The molecule has 0 aromatic carbocycles. The van der Waals surface area contributed by atoms with Gasteiger partial charge in [-0.25, -0.2) is 4.79 Å². The molecule has 2 rings (SSSR count). The van der Waals surface area contributed by atoms with Gasteiger partial charge in [-0.05, 0) is 25.7 Å². The summed E-state index contributed by atoms with van der Waals surface area (Å²) in [5.74, 6) is 0.618. The fraction of sp³-hybridized carbons (Fsp3) is 0.636. The highest BCUT2D eigenvalue weighted by Gasteiger charge is 2.16. The summed E-state index contributed by atoms with van der Waals surface area (Å²) in [5.41, 5.74) is 1.04. The molecule has 0 bridgehead atoms. The van der Waals surface area contributed by atoms with Crippen molar-refractivity contribution >= 4 is 11.8 Å². The van der Waals surface area contributed by atoms with Crippen molar-refractivity contribution in [3.05, 3.63) is 11.8 Å². The zero-order valence-electron chi connectivity index (χ0n) is 9.62. The minimum atomic E-state index is -0.0335. The molecule has 2 heterocycles. The average molecular weight is 222 g/mol. The summed E-state index contributed by atoms with van der Waals surface area (Å²) in [5, 5.41) is 9.73. The lowest BCUT2D eigenvalue weighted by Crippen LogP contribution is -2.38. The molecule has 0 spiro atoms. The molecule has 1 aliphatic rings. The van der Waals surface area contributed by atoms with E-state index >= 15 is 0 Å². The van der Waals surface area contributed by atoms with Crippen molar-refractivity contribution in [1.82, 2.24) is 15.1 Å². The van der Waals surface area contributed by atoms with Crippen LogP contribution in [0.1, 0.15) is 31.9 Å². The molecule has 88 valence electrons. The zero-order chi connectivity index (χ0) is 11.4. The van der Waals surface area contributed by atoms with Gasteiger partial charge in [0.15, 0.2) is 5.82 Å². The second kappa shape index (κ2) is 5.01. The molecule has 2 amide bonds. The number of anilines is 1. The molecule has 0 radical (unpaired) electrons. The summed E-state index contributed by atoms with van der Waals surface area (Å²) >= 11 is 0. The second-order valence-electron chi connectivity index (χ2n) is 4.11. The predicted molar refractivity (Wildman–Crippen MR) is 62.4 cm³/mol. The number of aromatic amines is 1. The maximum absolute atomic E-state index is 11.8. The number of nitrogens with one attached hydrogen (secondary N) is 2. The summed E-state index contributed by atoms with van der Waals surface area (Å²) in [6.07, 6.45) is 4.33. The third kappa shape index (κ3) is 2.53. The molecular formula is C11H18N4O. The van der Waals surface area contributed by atoms with Crippen LogP contribution in [0.5, 0.6) is 0 Å². The van der Waals surface area contributed by atoms with Crippen LogP contribution in [0.25, 0.3) is 0 Å². The number of aromatic nitrogens is 2. The monoisotopic (exact) mass is 222 g/mol. The summed E-state index contributed by atoms with van der Waals surface area (Å²) < 4.78 is 0. The number of carbonyl (C=O) groups excluding carboxylic acids is 1. The number of carbonyl (C=O) groups is 1. The Kier molecular flexibility index (Phi) is 3.44. The van der Waals surface area contributed by atoms with Crippen molar-refractivity contribution in [3.63, 3.8) is 0 Å². The van der Waals surface area contributed by atoms with E-state index in [2.05, 4.69) is 15.5 Å². The van der Waals surface area contributed by atoms with Crippen LogP contribution in [0.15, 0.2) is 6.07 Å². The van der Waals surface area contributed by atoms with Crippen molar-refractivity contribution in [2.75, 3.05) is 18.4 Å². The van der Waals surface area contributed by atoms with Crippen LogP contribution >= 0.6 is 0 Å². The van der Waals surface area contributed by atoms with Gasteiger partial charge >= 0.3 is 6.03 Å². The van der Waals surface area contributed by atoms with Gasteiger partial charge in [0.1, 0.15) is 0 Å². The van der Waals surface area contributed by atoms with E-state index in [1.807, 2.05) is 17.9 Å². The van der Waals surface area contributed by atoms with Gasteiger partial charge in [0.25, 0.3) is 0 Å². The third-order valence-electron chi connectivity index (χ3n) is 2.89. The highest BCUT2D eigenvalue weighted by Crippen LogP contribution is 2.11. The third-order valence-corrected chi connectivity index (χ3v) is 2.89. The Morgan fingerprint density at radius 2 is 2.25 bits per heavy atom. The molecule has 16 heavy (non-hydrogen) atoms. The quantitative estimate of drug-likeness (QED) is 0.803. The van der Waals surface area contributed by atoms with Gasteiger partial charge < -0.3 is 4.90 Å². The van der Waals surface area contributed by atoms with Gasteiger partial charge in [0.2, 0.25) is 0 Å². The van der Waals surface area contributed by atoms with Gasteiger partial charge in [-0.15, -0.1) is 0 Å². The van der Waals surface area contributed by atoms with E-state index in [4.69, 9.17) is 0 Å². The van der Waals surface area contributed by atoms with Crippen LogP contribution in [0.2, 0.25) is 0 Å². The molecule has 5 nitrogen and oxygen atoms in total. The lowest BCUT2D eigenvalue weighted by Gasteiger charge is -2.26. The number of likely N-dealkylation sites (tertiary alicyclic amines) is 1. The molecule has 2 N–H and O–H groups in total. The summed E-state index contributed by atoms with van der Waals surface area (Å²) in [4.78, 5) is 13.7. The van der Waals surface area contributed by atoms with Crippen molar-refractivity contribution < 1.29 is 4.79 Å². The molecule has 0 atom stereocenters. The fourth-order valence-corrected chi connectivity index (χ4v) is 1.89. The normalized spacial score (nSPS) is 16.2. The topological polar surface area (TPSA) is 61.0 Å². The van der Waals surface area contributed by atoms with E-state index < -0.39 is 0 Å². The van der Waals surface area contributed by atoms with Crippen LogP contribution in [-0.2, 0) is 6.42 Å². The second-order valence-corrected chi connectivity index (χ2v) is 4.11. The number of hydrogen-bond acceptors (Lipinski definition) is 2. The number of piperidine rings is 1. The van der Waals surface area contributed by atoms with Crippen LogP contribution in [0, 0.1) is 0 Å². The molecule has 1 aromatic heterocycles. The Morgan fingerprint density at radius 3 is 2.88 bits per heavy atom. The first-order valence-corrected chi connectivity index (χ1v) is 5.90. The van der Waals surface area contributed by atoms with Gasteiger partial charge in [0, 0.05) is 24.8 Å². The van der Waals surface area contributed by atoms with Gasteiger partial charge in [-0.1, -0.05) is 6.92 Å². The van der Waals surface area contributed by atoms with Crippen LogP contribution in [0.3, 0.4) is 0 Å². The van der Waals surface area contributed by atoms with E-state index in [-0.39, 0.29) is 6.03 Å². The zero-order valence-corrected chi connectivity index (χ0v) is 9.62. The molecular weight excluding hydrogens is 204 g/mol. The van der Waals surface area contributed by atoms with Crippen molar-refractivity contribution in [2.24, 2.45) is 0 Å². The predicted octanol–water partition coefficient (Wildman–Crippen LogP) is 1.99. The molecule has 1 aromatic rings. The minimum Gasteiger partial charge on any atom is -0.325 e. The lowest BCUT2D eigenvalue weighted by atomic mass is 10.1. The number of rotatable bonds is 2. The lowest BCUT2D eigenvalue weighted by molar-refractivity contribution is 0.200. The molecule has 0 aliphatic carbocycles. The average Bonchev–Trinajstić information content (AvgIpc) is 2.78. The van der Waals surface area contributed by atoms with E-state index in [0.29, 0.717) is 5.82 Å². The van der Waals surface area contributed by atoms with Crippen molar-refractivity contribution in [2.45, 2.75) is 32.6 Å². The van der Waals surface area contributed by atoms with E-state index in [1.54, 1.807) is 0 Å². The van der Waals surface area contributed by atoms with E-state index in [1.165, 1.54) is 6.42 Å². The summed E-state index contributed by atoms with van der Waals surface area (Å²) in [6.45, 7) is 3.76. The van der Waals surface area contributed by atoms with Gasteiger partial charge in [-0.3, -0.25) is 10.4 Å². The number of H-pyrrole nitrogens is 1. The molecule has 5 heteroatoms. The Labute approximate surface area is 95.2 Å². The molecule has 1 saturated heterocycles. The number of nitrogens with zero attached hydrogens (tertiary/aromatic N) is 2. The smallest absolute Gasteiger partial charge is 0.323 e. The van der Waals surface area contributed by atoms with Crippen molar-refractivity contribution in [3.8, 4) is 0 Å². The first-order chi connectivity index (χ1) is 7.79. The number of urea groups is 1. The Bertz CT molecular complexity index is 355. The minimum absolute atomic E-state index is 0.0335. The van der Waals surface area contributed by atoms with Gasteiger partial charge in [-0.2, -0.15) is 5.10 Å². The van der Waals surface area contributed by atoms with Crippen molar-refractivity contribution in [1.29, 1.82) is 0 Å².